The van der Waals surface area contributed by atoms with Gasteiger partial charge in [0.1, 0.15) is 0 Å². The second kappa shape index (κ2) is 14.6. The molecule has 1 rings (SSSR count). The van der Waals surface area contributed by atoms with Crippen LogP contribution in [0.15, 0.2) is 18.2 Å². The van der Waals surface area contributed by atoms with Gasteiger partial charge in [0.25, 0.3) is 5.91 Å². The topological polar surface area (TPSA) is 92.3 Å². The Morgan fingerprint density at radius 3 is 2.30 bits per heavy atom. The van der Waals surface area contributed by atoms with Gasteiger partial charge >= 0.3 is 59.1 Å². The zero-order valence-corrected chi connectivity index (χ0v) is 18.4. The molecule has 5 nitrogen and oxygen atoms in total. The van der Waals surface area contributed by atoms with Crippen LogP contribution in [0.5, 0.6) is 5.75 Å². The van der Waals surface area contributed by atoms with Crippen LogP contribution in [0.3, 0.4) is 0 Å². The van der Waals surface area contributed by atoms with Gasteiger partial charge in [-0.1, -0.05) is 42.7 Å². The van der Waals surface area contributed by atoms with Gasteiger partial charge in [-0.25, -0.2) is 0 Å². The fourth-order valence-electron chi connectivity index (χ4n) is 1.90. The third-order valence-corrected chi connectivity index (χ3v) is 3.26. The van der Waals surface area contributed by atoms with E-state index in [2.05, 4.69) is 5.32 Å². The molecule has 1 aromatic carbocycles. The molecule has 0 aliphatic carbocycles. The average molecular weight is 358 g/mol. The van der Waals surface area contributed by atoms with Crippen LogP contribution in [0.1, 0.15) is 48.9 Å². The quantitative estimate of drug-likeness (QED) is 0.355. The number of benzene rings is 1. The summed E-state index contributed by atoms with van der Waals surface area (Å²) in [7, 11) is 0. The summed E-state index contributed by atoms with van der Waals surface area (Å²) in [6, 6.07) is 4.08. The third-order valence-electron chi connectivity index (χ3n) is 3.03. The van der Waals surface area contributed by atoms with Crippen molar-refractivity contribution in [1.82, 2.24) is 5.32 Å². The molecule has 1 aromatic rings. The van der Waals surface area contributed by atoms with Crippen molar-refractivity contribution in [2.24, 2.45) is 0 Å². The summed E-state index contributed by atoms with van der Waals surface area (Å²) >= 11 is 5.75. The number of aliphatic carboxylic acids is 1. The van der Waals surface area contributed by atoms with E-state index in [0.29, 0.717) is 18.0 Å². The van der Waals surface area contributed by atoms with Crippen LogP contribution in [-0.2, 0) is 4.79 Å². The summed E-state index contributed by atoms with van der Waals surface area (Å²) in [5.74, 6) is -1.78. The molecule has 0 aromatic heterocycles. The number of carbonyl (C=O) groups excluding carboxylic acids is 2. The van der Waals surface area contributed by atoms with E-state index in [1.807, 2.05) is 0 Å². The number of halogens is 1. The second-order valence-electron chi connectivity index (χ2n) is 4.79. The first kappa shape index (κ1) is 25.5. The summed E-state index contributed by atoms with van der Waals surface area (Å²) in [6.45, 7) is 0.477. The zero-order valence-electron chi connectivity index (χ0n) is 13.7. The first-order chi connectivity index (χ1) is 10.0. The Hall–Kier alpha value is 0.250. The smallest absolute Gasteiger partial charge is 0.872 e. The Balaban J connectivity index is 0. The molecule has 0 radical (unpaired) electrons. The molecular formula is C15H18ClNNa2O4. The number of rotatable bonds is 9. The maximum atomic E-state index is 11.8. The molecule has 1 N–H and O–H groups in total. The van der Waals surface area contributed by atoms with Crippen molar-refractivity contribution in [1.29, 1.82) is 0 Å². The van der Waals surface area contributed by atoms with E-state index in [1.165, 1.54) is 18.2 Å². The molecule has 0 spiro atoms. The average Bonchev–Trinajstić information content (AvgIpc) is 2.43. The van der Waals surface area contributed by atoms with Crippen LogP contribution in [-0.4, -0.2) is 18.4 Å². The van der Waals surface area contributed by atoms with E-state index >= 15 is 0 Å². The Bertz CT molecular complexity index is 500. The van der Waals surface area contributed by atoms with Crippen LogP contribution in [0.2, 0.25) is 5.02 Å². The van der Waals surface area contributed by atoms with E-state index in [-0.39, 0.29) is 76.8 Å². The van der Waals surface area contributed by atoms with Gasteiger partial charge in [0.15, 0.2) is 0 Å². The van der Waals surface area contributed by atoms with Crippen molar-refractivity contribution in [2.45, 2.75) is 38.5 Å². The van der Waals surface area contributed by atoms with Gasteiger partial charge in [-0.3, -0.25) is 4.79 Å². The maximum absolute atomic E-state index is 11.8. The molecule has 0 fully saturated rings. The van der Waals surface area contributed by atoms with Crippen molar-refractivity contribution in [3.05, 3.63) is 28.8 Å². The molecule has 0 unspecified atom stereocenters. The first-order valence-corrected chi connectivity index (χ1v) is 7.33. The van der Waals surface area contributed by atoms with E-state index in [4.69, 9.17) is 11.6 Å². The van der Waals surface area contributed by atoms with Gasteiger partial charge in [-0.15, -0.1) is 0 Å². The van der Waals surface area contributed by atoms with E-state index in [1.54, 1.807) is 0 Å². The van der Waals surface area contributed by atoms with Gasteiger partial charge < -0.3 is 20.3 Å². The van der Waals surface area contributed by atoms with Crippen molar-refractivity contribution >= 4 is 23.5 Å². The van der Waals surface area contributed by atoms with Gasteiger partial charge in [0.05, 0.1) is 0 Å². The fraction of sp³-hybridized carbons (Fsp3) is 0.467. The largest absolute Gasteiger partial charge is 1.00 e. The van der Waals surface area contributed by atoms with Crippen LogP contribution < -0.4 is 74.6 Å². The summed E-state index contributed by atoms with van der Waals surface area (Å²) in [6.07, 6.45) is 4.14. The Morgan fingerprint density at radius 1 is 1.04 bits per heavy atom. The van der Waals surface area contributed by atoms with Crippen LogP contribution in [0, 0.1) is 0 Å². The summed E-state index contributed by atoms with van der Waals surface area (Å²) < 4.78 is 0. The van der Waals surface area contributed by atoms with E-state index in [0.717, 1.165) is 25.7 Å². The van der Waals surface area contributed by atoms with Crippen LogP contribution in [0.25, 0.3) is 0 Å². The normalized spacial score (nSPS) is 9.43. The van der Waals surface area contributed by atoms with Crippen LogP contribution in [0.4, 0.5) is 0 Å². The van der Waals surface area contributed by atoms with Crippen molar-refractivity contribution < 1.29 is 78.9 Å². The van der Waals surface area contributed by atoms with Gasteiger partial charge in [0.2, 0.25) is 0 Å². The number of hydrogen-bond donors (Lipinski definition) is 1. The predicted molar refractivity (Wildman–Crippen MR) is 75.9 cm³/mol. The number of carbonyl (C=O) groups is 2. The minimum absolute atomic E-state index is 0. The molecule has 23 heavy (non-hydrogen) atoms. The summed E-state index contributed by atoms with van der Waals surface area (Å²) in [5.41, 5.74) is 0.0523. The molecule has 0 atom stereocenters. The zero-order chi connectivity index (χ0) is 15.7. The number of carboxylic acid groups (broad SMARTS) is 1. The number of unbranched alkanes of at least 4 members (excludes halogenated alkanes) is 4. The van der Waals surface area contributed by atoms with Crippen LogP contribution >= 0.6 is 11.6 Å². The molecule has 0 saturated carbocycles. The molecule has 1 amide bonds. The van der Waals surface area contributed by atoms with Crippen molar-refractivity contribution in [2.75, 3.05) is 6.54 Å². The van der Waals surface area contributed by atoms with E-state index < -0.39 is 11.9 Å². The fourth-order valence-corrected chi connectivity index (χ4v) is 2.07. The molecule has 0 heterocycles. The standard InChI is InChI=1S/C15H20ClNO4.2Na/c16-11-7-8-13(18)12(10-11)15(21)17-9-5-3-1-2-4-6-14(19)20;;/h7-8,10,18H,1-6,9H2,(H,17,21)(H,19,20);;/q;2*+1/p-2. The monoisotopic (exact) mass is 357 g/mol. The predicted octanol–water partition coefficient (Wildman–Crippen LogP) is -4.76. The number of carboxylic acids is 1. The summed E-state index contributed by atoms with van der Waals surface area (Å²) in [4.78, 5) is 22.0. The first-order valence-electron chi connectivity index (χ1n) is 6.95. The SMILES string of the molecule is O=C([O-])CCCCCCCNC(=O)c1cc(Cl)ccc1[O-].[Na+].[Na+]. The molecule has 0 bridgehead atoms. The van der Waals surface area contributed by atoms with Gasteiger partial charge in [-0.05, 0) is 31.4 Å². The maximum Gasteiger partial charge on any atom is 1.00 e. The minimum Gasteiger partial charge on any atom is -0.872 e. The van der Waals surface area contributed by atoms with Gasteiger partial charge in [-0.2, -0.15) is 0 Å². The third kappa shape index (κ3) is 11.4. The van der Waals surface area contributed by atoms with Gasteiger partial charge in [0, 0.05) is 23.1 Å². The number of nitrogens with one attached hydrogen (secondary N) is 1. The minimum atomic E-state index is -1.02. The van der Waals surface area contributed by atoms with Crippen molar-refractivity contribution in [3.63, 3.8) is 0 Å². The second-order valence-corrected chi connectivity index (χ2v) is 5.22. The molecule has 0 saturated heterocycles. The van der Waals surface area contributed by atoms with E-state index in [9.17, 15) is 19.8 Å². The number of amides is 1. The Labute approximate surface area is 185 Å². The molecular weight excluding hydrogens is 340 g/mol. The Morgan fingerprint density at radius 2 is 1.65 bits per heavy atom. The molecule has 0 aliphatic heterocycles. The molecule has 8 heteroatoms. The summed E-state index contributed by atoms with van der Waals surface area (Å²) in [5, 5.41) is 24.7. The number of hydrogen-bond acceptors (Lipinski definition) is 4. The van der Waals surface area contributed by atoms with Crippen molar-refractivity contribution in [3.8, 4) is 5.75 Å². The molecule has 116 valence electrons. The Kier molecular flexibility index (Phi) is 16.2. The molecule has 0 aliphatic rings.